The molecule has 0 aliphatic rings. The minimum absolute atomic E-state index is 0.0322. The Bertz CT molecular complexity index is 1210. The zero-order chi connectivity index (χ0) is 21.6. The fourth-order valence-electron chi connectivity index (χ4n) is 2.36. The molecule has 3 aromatic rings. The van der Waals surface area contributed by atoms with Crippen LogP contribution in [-0.4, -0.2) is 28.1 Å². The summed E-state index contributed by atoms with van der Waals surface area (Å²) in [5.74, 6) is -1.82. The zero-order valence-corrected chi connectivity index (χ0v) is 15.5. The molecule has 0 aliphatic carbocycles. The fraction of sp³-hybridized carbons (Fsp3) is 0.0667. The van der Waals surface area contributed by atoms with Crippen molar-refractivity contribution in [2.45, 2.75) is 11.1 Å². The molecule has 0 saturated carbocycles. The second-order valence-corrected chi connectivity index (χ2v) is 7.60. The van der Waals surface area contributed by atoms with Crippen LogP contribution in [-0.2, 0) is 16.2 Å². The molecule has 0 amide bonds. The summed E-state index contributed by atoms with van der Waals surface area (Å²) in [7, 11) is -4.01. The first-order chi connectivity index (χ1) is 13.4. The van der Waals surface area contributed by atoms with Crippen LogP contribution in [0.25, 0.3) is 17.1 Å². The smallest absolute Gasteiger partial charge is 0.258 e. The van der Waals surface area contributed by atoms with Crippen molar-refractivity contribution in [3.63, 3.8) is 0 Å². The zero-order valence-electron chi connectivity index (χ0n) is 14.0. The summed E-state index contributed by atoms with van der Waals surface area (Å²) >= 11 is 6.01. The molecule has 0 spiro atoms. The lowest BCUT2D eigenvalue weighted by molar-refractivity contribution is -0.384. The molecule has 0 unspecified atom stereocenters. The monoisotopic (exact) mass is 447 g/mol. The van der Waals surface area contributed by atoms with Gasteiger partial charge in [0.25, 0.3) is 11.5 Å². The molecule has 0 saturated heterocycles. The van der Waals surface area contributed by atoms with Crippen molar-refractivity contribution in [2.24, 2.45) is 5.14 Å². The van der Waals surface area contributed by atoms with E-state index in [1.54, 1.807) is 0 Å². The van der Waals surface area contributed by atoms with Gasteiger partial charge in [0, 0.05) is 17.7 Å². The Balaban J connectivity index is 2.20. The van der Waals surface area contributed by atoms with E-state index >= 15 is 0 Å². The van der Waals surface area contributed by atoms with Crippen molar-refractivity contribution < 1.29 is 26.5 Å². The van der Waals surface area contributed by atoms with Crippen LogP contribution in [0, 0.1) is 10.1 Å². The number of sulfonamides is 1. The largest absolute Gasteiger partial charge is 0.453 e. The molecule has 0 radical (unpaired) electrons. The van der Waals surface area contributed by atoms with Crippen LogP contribution in [0.5, 0.6) is 0 Å². The third-order valence-electron chi connectivity index (χ3n) is 3.67. The van der Waals surface area contributed by atoms with Gasteiger partial charge in [-0.05, 0) is 30.3 Å². The average molecular weight is 448 g/mol. The molecule has 3 rings (SSSR count). The normalized spacial score (nSPS) is 12.2. The minimum atomic E-state index is -4.88. The second kappa shape index (κ2) is 7.09. The van der Waals surface area contributed by atoms with Crippen LogP contribution in [0.2, 0.25) is 5.02 Å². The number of halogens is 4. The Hall–Kier alpha value is -3.03. The summed E-state index contributed by atoms with van der Waals surface area (Å²) in [4.78, 5) is 13.3. The van der Waals surface area contributed by atoms with Gasteiger partial charge in [-0.15, -0.1) is 5.10 Å². The summed E-state index contributed by atoms with van der Waals surface area (Å²) < 4.78 is 63.0. The lowest BCUT2D eigenvalue weighted by Crippen LogP contribution is -2.12. The van der Waals surface area contributed by atoms with Crippen LogP contribution in [0.15, 0.2) is 47.4 Å². The van der Waals surface area contributed by atoms with Crippen LogP contribution in [0.3, 0.4) is 0 Å². The second-order valence-electron chi connectivity index (χ2n) is 5.63. The third kappa shape index (κ3) is 4.21. The standard InChI is InChI=1S/C15H9ClF3N5O4S/c16-12-7-9(24(25)26)3-6-11(12)13-21-14(15(17,18)19)22-23(13)8-1-4-10(5-2-8)29(20,27)28/h1-7H,(H2,20,27,28). The Kier molecular flexibility index (Phi) is 5.06. The van der Waals surface area contributed by atoms with E-state index in [-0.39, 0.29) is 32.7 Å². The molecule has 0 aliphatic heterocycles. The maximum atomic E-state index is 13.1. The van der Waals surface area contributed by atoms with Crippen molar-refractivity contribution in [1.29, 1.82) is 0 Å². The molecule has 29 heavy (non-hydrogen) atoms. The SMILES string of the molecule is NS(=O)(=O)c1ccc(-n2nc(C(F)(F)F)nc2-c2ccc([N+](=O)[O-])cc2Cl)cc1. The van der Waals surface area contributed by atoms with Crippen molar-refractivity contribution in [1.82, 2.24) is 14.8 Å². The molecule has 1 aromatic heterocycles. The minimum Gasteiger partial charge on any atom is -0.258 e. The highest BCUT2D eigenvalue weighted by Crippen LogP contribution is 2.34. The predicted octanol–water partition coefficient (Wildman–Crippen LogP) is 3.16. The number of rotatable bonds is 4. The van der Waals surface area contributed by atoms with Crippen molar-refractivity contribution in [2.75, 3.05) is 0 Å². The third-order valence-corrected chi connectivity index (χ3v) is 4.92. The topological polar surface area (TPSA) is 134 Å². The molecule has 2 N–H and O–H groups in total. The van der Waals surface area contributed by atoms with Crippen molar-refractivity contribution >= 4 is 27.3 Å². The molecule has 0 bridgehead atoms. The average Bonchev–Trinajstić information content (AvgIpc) is 3.06. The number of nitrogens with zero attached hydrogens (tertiary/aromatic N) is 4. The van der Waals surface area contributed by atoms with E-state index in [2.05, 4.69) is 10.1 Å². The van der Waals surface area contributed by atoms with E-state index in [9.17, 15) is 31.7 Å². The van der Waals surface area contributed by atoms with Gasteiger partial charge in [-0.1, -0.05) is 11.6 Å². The van der Waals surface area contributed by atoms with E-state index in [1.165, 1.54) is 12.1 Å². The number of nitrogens with two attached hydrogens (primary N) is 1. The van der Waals surface area contributed by atoms with Gasteiger partial charge in [0.05, 0.1) is 20.5 Å². The van der Waals surface area contributed by atoms with Crippen LogP contribution >= 0.6 is 11.6 Å². The van der Waals surface area contributed by atoms with E-state index in [1.807, 2.05) is 0 Å². The molecular weight excluding hydrogens is 439 g/mol. The predicted molar refractivity (Wildman–Crippen MR) is 94.8 cm³/mol. The summed E-state index contributed by atoms with van der Waals surface area (Å²) in [6, 6.07) is 7.68. The van der Waals surface area contributed by atoms with Gasteiger partial charge >= 0.3 is 6.18 Å². The van der Waals surface area contributed by atoms with Crippen molar-refractivity contribution in [3.05, 3.63) is 63.4 Å². The Morgan fingerprint density at radius 3 is 2.24 bits per heavy atom. The number of nitro groups is 1. The van der Waals surface area contributed by atoms with E-state index in [4.69, 9.17) is 16.7 Å². The highest BCUT2D eigenvalue weighted by molar-refractivity contribution is 7.89. The first-order valence-corrected chi connectivity index (χ1v) is 9.42. The van der Waals surface area contributed by atoms with Gasteiger partial charge < -0.3 is 0 Å². The molecule has 0 fully saturated rings. The van der Waals surface area contributed by atoms with Gasteiger partial charge in [0.15, 0.2) is 5.82 Å². The highest BCUT2D eigenvalue weighted by Gasteiger charge is 2.37. The maximum Gasteiger partial charge on any atom is 0.453 e. The van der Waals surface area contributed by atoms with E-state index in [0.717, 1.165) is 35.0 Å². The Labute approximate surface area is 165 Å². The van der Waals surface area contributed by atoms with Gasteiger partial charge in [0.2, 0.25) is 10.0 Å². The lowest BCUT2D eigenvalue weighted by atomic mass is 10.2. The molecule has 0 atom stereocenters. The molecule has 2 aromatic carbocycles. The number of hydrogen-bond acceptors (Lipinski definition) is 6. The number of primary sulfonamides is 1. The van der Waals surface area contributed by atoms with Gasteiger partial charge in [-0.2, -0.15) is 13.2 Å². The first kappa shape index (κ1) is 20.7. The molecule has 14 heteroatoms. The highest BCUT2D eigenvalue weighted by atomic mass is 35.5. The molecule has 1 heterocycles. The van der Waals surface area contributed by atoms with Crippen LogP contribution in [0.1, 0.15) is 5.82 Å². The Morgan fingerprint density at radius 1 is 1.14 bits per heavy atom. The summed E-state index contributed by atoms with van der Waals surface area (Å²) in [5.41, 5.74) is -0.376. The number of aromatic nitrogens is 3. The lowest BCUT2D eigenvalue weighted by Gasteiger charge is -2.08. The molecule has 152 valence electrons. The van der Waals surface area contributed by atoms with Gasteiger partial charge in [-0.3, -0.25) is 10.1 Å². The summed E-state index contributed by atoms with van der Waals surface area (Å²) in [5, 5.41) is 19.1. The van der Waals surface area contributed by atoms with Gasteiger partial charge in [0.1, 0.15) is 0 Å². The number of alkyl halides is 3. The van der Waals surface area contributed by atoms with E-state index < -0.39 is 26.9 Å². The van der Waals surface area contributed by atoms with Crippen LogP contribution < -0.4 is 5.14 Å². The first-order valence-electron chi connectivity index (χ1n) is 7.50. The van der Waals surface area contributed by atoms with Crippen LogP contribution in [0.4, 0.5) is 18.9 Å². The fourth-order valence-corrected chi connectivity index (χ4v) is 3.14. The maximum absolute atomic E-state index is 13.1. The quantitative estimate of drug-likeness (QED) is 0.482. The van der Waals surface area contributed by atoms with E-state index in [0.29, 0.717) is 0 Å². The number of hydrogen-bond donors (Lipinski definition) is 1. The number of non-ortho nitro benzene ring substituents is 1. The molecule has 9 nitrogen and oxygen atoms in total. The Morgan fingerprint density at radius 2 is 1.76 bits per heavy atom. The number of nitro benzene ring substituents is 1. The van der Waals surface area contributed by atoms with Gasteiger partial charge in [-0.25, -0.2) is 23.2 Å². The summed E-state index contributed by atoms with van der Waals surface area (Å²) in [6.45, 7) is 0. The molecular formula is C15H9ClF3N5O4S. The summed E-state index contributed by atoms with van der Waals surface area (Å²) in [6.07, 6.45) is -4.88. The number of benzene rings is 2. The van der Waals surface area contributed by atoms with Crippen molar-refractivity contribution in [3.8, 4) is 17.1 Å².